The number of sulfonamides is 1. The van der Waals surface area contributed by atoms with Gasteiger partial charge < -0.3 is 14.2 Å². The summed E-state index contributed by atoms with van der Waals surface area (Å²) in [7, 11) is -4.05. The van der Waals surface area contributed by atoms with Crippen LogP contribution in [-0.4, -0.2) is 40.6 Å². The maximum Gasteiger partial charge on any atom is 0.416 e. The fraction of sp³-hybridized carbons (Fsp3) is 0.357. The van der Waals surface area contributed by atoms with Crippen molar-refractivity contribution in [2.24, 2.45) is 0 Å². The summed E-state index contributed by atoms with van der Waals surface area (Å²) in [5.74, 6) is 0.780. The quantitative estimate of drug-likeness (QED) is 0.381. The van der Waals surface area contributed by atoms with Crippen molar-refractivity contribution >= 4 is 16.1 Å². The van der Waals surface area contributed by atoms with Gasteiger partial charge in [0.15, 0.2) is 15.3 Å². The van der Waals surface area contributed by atoms with E-state index in [1.807, 2.05) is 42.5 Å². The number of alkyl halides is 3. The SMILES string of the molecule is O=[S+]([O-])(c1cccc(C(F)(F)F)c1)N1CCC2(CCN(CCc3ccccc3)c3ccccc3O2)CC1. The van der Waals surface area contributed by atoms with Gasteiger partial charge in [-0.05, 0) is 36.2 Å². The van der Waals surface area contributed by atoms with Gasteiger partial charge in [-0.15, -0.1) is 4.31 Å². The standard InChI is InChI=1S/C28H29F3N2O3S/c29-28(30,31)23-9-6-10-24(21-23)37(34,35)33-19-15-27(16-20-33)14-18-32(17-13-22-7-2-1-3-8-22)25-11-4-5-12-26(25)36-27/h1-12,21H,13-20H2. The maximum absolute atomic E-state index is 13.2. The number of anilines is 1. The van der Waals surface area contributed by atoms with Crippen LogP contribution < -0.4 is 9.64 Å². The van der Waals surface area contributed by atoms with Gasteiger partial charge in [0.25, 0.3) is 0 Å². The van der Waals surface area contributed by atoms with Gasteiger partial charge in [-0.2, -0.15) is 13.2 Å². The Morgan fingerprint density at radius 1 is 0.892 bits per heavy atom. The second-order valence-corrected chi connectivity index (χ2v) is 11.6. The molecule has 2 aliphatic rings. The van der Waals surface area contributed by atoms with Crippen LogP contribution >= 0.6 is 0 Å². The van der Waals surface area contributed by atoms with Crippen molar-refractivity contribution in [2.45, 2.75) is 42.4 Å². The fourth-order valence-electron chi connectivity index (χ4n) is 5.16. The Hall–Kier alpha value is -2.88. The van der Waals surface area contributed by atoms with Crippen LogP contribution in [0, 0.1) is 0 Å². The van der Waals surface area contributed by atoms with Gasteiger partial charge in [-0.3, -0.25) is 0 Å². The molecule has 1 saturated heterocycles. The molecule has 1 spiro atoms. The van der Waals surface area contributed by atoms with E-state index < -0.39 is 27.7 Å². The third-order valence-corrected chi connectivity index (χ3v) is 9.21. The first kappa shape index (κ1) is 25.8. The number of hydrogen-bond donors (Lipinski definition) is 0. The molecule has 9 heteroatoms. The van der Waals surface area contributed by atoms with Crippen LogP contribution in [0.4, 0.5) is 18.9 Å². The molecule has 0 aromatic heterocycles. The van der Waals surface area contributed by atoms with Crippen molar-refractivity contribution in [3.8, 4) is 5.75 Å². The molecule has 1 atom stereocenters. The Labute approximate surface area is 216 Å². The van der Waals surface area contributed by atoms with Crippen LogP contribution in [0.25, 0.3) is 0 Å². The third kappa shape index (κ3) is 5.54. The van der Waals surface area contributed by atoms with Crippen LogP contribution in [0.15, 0.2) is 83.8 Å². The summed E-state index contributed by atoms with van der Waals surface area (Å²) in [5.41, 5.74) is 0.779. The Morgan fingerprint density at radius 3 is 2.30 bits per heavy atom. The first-order valence-corrected chi connectivity index (χ1v) is 13.8. The molecule has 2 aliphatic heterocycles. The molecule has 37 heavy (non-hydrogen) atoms. The average molecular weight is 531 g/mol. The molecule has 5 nitrogen and oxygen atoms in total. The second-order valence-electron chi connectivity index (χ2n) is 9.66. The zero-order valence-corrected chi connectivity index (χ0v) is 21.1. The first-order valence-electron chi connectivity index (χ1n) is 12.4. The summed E-state index contributed by atoms with van der Waals surface area (Å²) < 4.78 is 73.7. The normalized spacial score (nSPS) is 19.5. The van der Waals surface area contributed by atoms with E-state index in [0.29, 0.717) is 18.9 Å². The molecule has 0 saturated carbocycles. The van der Waals surface area contributed by atoms with E-state index in [4.69, 9.17) is 4.74 Å². The zero-order valence-electron chi connectivity index (χ0n) is 20.3. The number of para-hydroxylation sites is 2. The lowest BCUT2D eigenvalue weighted by Crippen LogP contribution is -2.51. The van der Waals surface area contributed by atoms with E-state index in [2.05, 4.69) is 17.0 Å². The summed E-state index contributed by atoms with van der Waals surface area (Å²) in [6.45, 7) is 1.97. The van der Waals surface area contributed by atoms with Gasteiger partial charge in [-0.25, -0.2) is 0 Å². The highest BCUT2D eigenvalue weighted by Crippen LogP contribution is 2.42. The minimum Gasteiger partial charge on any atom is -0.593 e. The highest BCUT2D eigenvalue weighted by atomic mass is 32.3. The topological polar surface area (TPSA) is 55.8 Å². The average Bonchev–Trinajstić information content (AvgIpc) is 3.04. The van der Waals surface area contributed by atoms with Crippen LogP contribution in [-0.2, 0) is 27.2 Å². The lowest BCUT2D eigenvalue weighted by molar-refractivity contribution is -0.137. The second kappa shape index (κ2) is 10.1. The molecule has 0 aliphatic carbocycles. The van der Waals surface area contributed by atoms with E-state index in [1.165, 1.54) is 15.9 Å². The lowest BCUT2D eigenvalue weighted by atomic mass is 9.88. The number of rotatable bonds is 5. The van der Waals surface area contributed by atoms with Crippen molar-refractivity contribution in [1.29, 1.82) is 0 Å². The summed E-state index contributed by atoms with van der Waals surface area (Å²) in [6, 6.07) is 22.2. The predicted molar refractivity (Wildman–Crippen MR) is 136 cm³/mol. The van der Waals surface area contributed by atoms with E-state index in [9.17, 15) is 21.9 Å². The monoisotopic (exact) mass is 530 g/mol. The van der Waals surface area contributed by atoms with Gasteiger partial charge in [0.05, 0.1) is 11.3 Å². The van der Waals surface area contributed by atoms with Gasteiger partial charge in [0.2, 0.25) is 0 Å². The Bertz CT molecular complexity index is 1280. The largest absolute Gasteiger partial charge is 0.593 e. The predicted octanol–water partition coefficient (Wildman–Crippen LogP) is 5.98. The van der Waals surface area contributed by atoms with Crippen molar-refractivity contribution in [3.63, 3.8) is 0 Å². The first-order chi connectivity index (χ1) is 17.7. The van der Waals surface area contributed by atoms with Gasteiger partial charge in [-0.1, -0.05) is 52.7 Å². The Kier molecular flexibility index (Phi) is 7.04. The lowest BCUT2D eigenvalue weighted by Gasteiger charge is -2.41. The third-order valence-electron chi connectivity index (χ3n) is 7.32. The zero-order chi connectivity index (χ0) is 26.1. The number of piperidine rings is 1. The minimum atomic E-state index is -4.61. The van der Waals surface area contributed by atoms with Crippen LogP contribution in [0.2, 0.25) is 0 Å². The van der Waals surface area contributed by atoms with Crippen molar-refractivity contribution in [1.82, 2.24) is 4.31 Å². The Morgan fingerprint density at radius 2 is 1.57 bits per heavy atom. The molecular weight excluding hydrogens is 501 g/mol. The number of fused-ring (bicyclic) bond motifs is 1. The Balaban J connectivity index is 1.30. The van der Waals surface area contributed by atoms with Gasteiger partial charge in [0, 0.05) is 51.5 Å². The molecule has 0 amide bonds. The summed E-state index contributed by atoms with van der Waals surface area (Å²) >= 11 is 0. The molecular formula is C28H29F3N2O3S. The summed E-state index contributed by atoms with van der Waals surface area (Å²) in [4.78, 5) is 1.99. The van der Waals surface area contributed by atoms with Crippen molar-refractivity contribution in [2.75, 3.05) is 31.1 Å². The van der Waals surface area contributed by atoms with E-state index >= 15 is 0 Å². The number of ether oxygens (including phenoxy) is 1. The maximum atomic E-state index is 13.2. The van der Waals surface area contributed by atoms with Crippen LogP contribution in [0.5, 0.6) is 5.75 Å². The number of hydrogen-bond acceptors (Lipinski definition) is 4. The van der Waals surface area contributed by atoms with Crippen molar-refractivity contribution < 1.29 is 26.7 Å². The fourth-order valence-corrected chi connectivity index (χ4v) is 6.65. The number of benzene rings is 3. The molecule has 0 bridgehead atoms. The van der Waals surface area contributed by atoms with E-state index in [0.717, 1.165) is 49.5 Å². The van der Waals surface area contributed by atoms with Gasteiger partial charge in [0.1, 0.15) is 11.4 Å². The molecule has 0 radical (unpaired) electrons. The van der Waals surface area contributed by atoms with Crippen LogP contribution in [0.3, 0.4) is 0 Å². The summed E-state index contributed by atoms with van der Waals surface area (Å²) in [5, 5.41) is 0. The molecule has 1 unspecified atom stereocenters. The highest BCUT2D eigenvalue weighted by molar-refractivity contribution is 7.95. The number of halogens is 3. The van der Waals surface area contributed by atoms with Crippen molar-refractivity contribution in [3.05, 3.63) is 90.0 Å². The minimum absolute atomic E-state index is 0.185. The molecule has 3 aromatic rings. The molecule has 5 rings (SSSR count). The molecule has 1 fully saturated rings. The molecule has 3 aromatic carbocycles. The highest BCUT2D eigenvalue weighted by Gasteiger charge is 2.44. The van der Waals surface area contributed by atoms with E-state index in [1.54, 1.807) is 0 Å². The van der Waals surface area contributed by atoms with E-state index in [-0.39, 0.29) is 18.0 Å². The number of nitrogens with zero attached hydrogens (tertiary/aromatic N) is 2. The molecule has 196 valence electrons. The smallest absolute Gasteiger partial charge is 0.416 e. The molecule has 2 heterocycles. The van der Waals surface area contributed by atoms with Gasteiger partial charge >= 0.3 is 6.18 Å². The van der Waals surface area contributed by atoms with Crippen LogP contribution in [0.1, 0.15) is 30.4 Å². The summed E-state index contributed by atoms with van der Waals surface area (Å²) in [6.07, 6.45) is -2.05. The molecule has 0 N–H and O–H groups in total.